The van der Waals surface area contributed by atoms with Crippen LogP contribution in [0.4, 0.5) is 0 Å². The Bertz CT molecular complexity index is 2250. The van der Waals surface area contributed by atoms with Crippen molar-refractivity contribution in [3.05, 3.63) is 68.9 Å². The SMILES string of the molecule is CN(C)CCCNC(=O)C1C2CC(OC(=O)c3c(Br)[nH]c4ccccc34)C(C2)C1C(=O)NC(=O)C1C2CC(CC2OC(=O)c2c(Br)[nH]c3ccccc23)C1C(=O)NCCCN(C)C. The van der Waals surface area contributed by atoms with Crippen molar-refractivity contribution in [1.29, 1.82) is 0 Å². The molecule has 4 saturated carbocycles. The van der Waals surface area contributed by atoms with Crippen molar-refractivity contribution < 1.29 is 38.2 Å². The molecule has 15 nitrogen and oxygen atoms in total. The second kappa shape index (κ2) is 18.9. The van der Waals surface area contributed by atoms with Crippen LogP contribution in [0.3, 0.4) is 0 Å². The maximum atomic E-state index is 14.7. The van der Waals surface area contributed by atoms with E-state index in [1.54, 1.807) is 0 Å². The van der Waals surface area contributed by atoms with Gasteiger partial charge in [0.25, 0.3) is 0 Å². The number of ether oxygens (including phenoxy) is 2. The van der Waals surface area contributed by atoms with E-state index in [9.17, 15) is 28.8 Å². The lowest BCUT2D eigenvalue weighted by Crippen LogP contribution is -2.53. The first kappa shape index (κ1) is 45.0. The van der Waals surface area contributed by atoms with Crippen LogP contribution in [-0.2, 0) is 28.7 Å². The van der Waals surface area contributed by atoms with E-state index in [2.05, 4.69) is 57.8 Å². The van der Waals surface area contributed by atoms with Gasteiger partial charge in [0.1, 0.15) is 12.2 Å². The molecule has 336 valence electrons. The standard InChI is InChI=1S/C46H55Br2N7O8/c1-54(2)17-9-15-49-41(56)33-23-19-27(31(21-23)62-45(60)37-25-11-5-7-13-29(25)51-39(37)47)35(33)43(58)53-44(59)36-28-20-24(34(36)42(57)50-16-10-18-55(3)4)22-32(28)63-46(61)38-26-12-6-8-14-30(26)52-40(38)48/h5-8,11-14,23-24,27-28,31-36,51-52H,9-10,15-22H2,1-4H3,(H,49,56)(H,50,57)(H,53,58,59). The molecule has 8 rings (SSSR count). The molecular formula is C46H55Br2N7O8. The summed E-state index contributed by atoms with van der Waals surface area (Å²) in [5, 5.41) is 10.1. The molecule has 10 unspecified atom stereocenters. The van der Waals surface area contributed by atoms with E-state index in [-0.39, 0.29) is 23.7 Å². The van der Waals surface area contributed by atoms with E-state index in [4.69, 9.17) is 9.47 Å². The number of hydrogen-bond donors (Lipinski definition) is 5. The molecule has 0 spiro atoms. The summed E-state index contributed by atoms with van der Waals surface area (Å²) in [6.07, 6.45) is 1.77. The second-order valence-electron chi connectivity index (χ2n) is 18.2. The number of benzene rings is 2. The molecule has 4 fully saturated rings. The third kappa shape index (κ3) is 9.07. The Morgan fingerprint density at radius 2 is 0.984 bits per heavy atom. The Labute approximate surface area is 382 Å². The van der Waals surface area contributed by atoms with Gasteiger partial charge >= 0.3 is 11.9 Å². The van der Waals surface area contributed by atoms with Gasteiger partial charge in [-0.2, -0.15) is 0 Å². The van der Waals surface area contributed by atoms with E-state index in [0.717, 1.165) is 24.1 Å². The van der Waals surface area contributed by atoms with E-state index >= 15 is 0 Å². The lowest BCUT2D eigenvalue weighted by Gasteiger charge is -2.36. The number of nitrogens with one attached hydrogen (secondary N) is 5. The molecule has 4 aliphatic rings. The molecule has 4 aliphatic carbocycles. The molecular weight excluding hydrogens is 938 g/mol. The van der Waals surface area contributed by atoms with Gasteiger partial charge in [-0.05, 0) is 136 Å². The van der Waals surface area contributed by atoms with Crippen LogP contribution in [0.1, 0.15) is 59.2 Å². The van der Waals surface area contributed by atoms with Crippen molar-refractivity contribution in [1.82, 2.24) is 35.7 Å². The van der Waals surface area contributed by atoms with Crippen molar-refractivity contribution in [2.24, 2.45) is 47.3 Å². The number of fused-ring (bicyclic) bond motifs is 6. The minimum Gasteiger partial charge on any atom is -0.458 e. The molecule has 5 N–H and O–H groups in total. The molecule has 0 saturated heterocycles. The summed E-state index contributed by atoms with van der Waals surface area (Å²) in [5.74, 6) is -8.01. The lowest BCUT2D eigenvalue weighted by atomic mass is 9.75. The monoisotopic (exact) mass is 991 g/mol. The summed E-state index contributed by atoms with van der Waals surface area (Å²) in [5.41, 5.74) is 2.20. The Morgan fingerprint density at radius 3 is 1.38 bits per heavy atom. The van der Waals surface area contributed by atoms with E-state index in [1.165, 1.54) is 0 Å². The minimum atomic E-state index is -0.976. The lowest BCUT2D eigenvalue weighted by molar-refractivity contribution is -0.147. The normalized spacial score (nSPS) is 27.0. The first-order valence-electron chi connectivity index (χ1n) is 21.9. The summed E-state index contributed by atoms with van der Waals surface area (Å²) < 4.78 is 13.3. The predicted octanol–water partition coefficient (Wildman–Crippen LogP) is 5.25. The molecule has 4 aromatic rings. The Kier molecular flexibility index (Phi) is 13.5. The molecule has 0 radical (unpaired) electrons. The molecule has 2 heterocycles. The molecule has 4 bridgehead atoms. The maximum Gasteiger partial charge on any atom is 0.341 e. The van der Waals surface area contributed by atoms with Crippen molar-refractivity contribution in [2.75, 3.05) is 54.4 Å². The number of aromatic nitrogens is 2. The molecule has 63 heavy (non-hydrogen) atoms. The van der Waals surface area contributed by atoms with Gasteiger partial charge in [0, 0.05) is 46.7 Å². The van der Waals surface area contributed by atoms with Gasteiger partial charge < -0.3 is 39.9 Å². The highest BCUT2D eigenvalue weighted by Gasteiger charge is 2.62. The fraction of sp³-hybridized carbons (Fsp3) is 0.522. The Hall–Kier alpha value is -4.58. The number of amides is 4. The first-order chi connectivity index (χ1) is 30.2. The Balaban J connectivity index is 1.03. The minimum absolute atomic E-state index is 0.269. The van der Waals surface area contributed by atoms with E-state index in [1.807, 2.05) is 86.5 Å². The summed E-state index contributed by atoms with van der Waals surface area (Å²) in [7, 11) is 7.82. The number of nitrogens with zero attached hydrogens (tertiary/aromatic N) is 2. The number of halogens is 2. The number of esters is 2. The topological polar surface area (TPSA) is 195 Å². The van der Waals surface area contributed by atoms with Crippen LogP contribution >= 0.6 is 31.9 Å². The van der Waals surface area contributed by atoms with Crippen LogP contribution in [0, 0.1) is 47.3 Å². The number of hydrogen-bond acceptors (Lipinski definition) is 10. The third-order valence-electron chi connectivity index (χ3n) is 13.8. The number of carbonyl (C=O) groups excluding carboxylic acids is 6. The van der Waals surface area contributed by atoms with Crippen molar-refractivity contribution in [2.45, 2.75) is 50.7 Å². The van der Waals surface area contributed by atoms with Crippen LogP contribution in [-0.4, -0.2) is 122 Å². The fourth-order valence-corrected chi connectivity index (χ4v) is 12.3. The highest BCUT2D eigenvalue weighted by Crippen LogP contribution is 2.56. The molecule has 10 atom stereocenters. The number of H-pyrrole nitrogens is 2. The van der Waals surface area contributed by atoms with Crippen LogP contribution < -0.4 is 16.0 Å². The van der Waals surface area contributed by atoms with Gasteiger partial charge in [-0.15, -0.1) is 0 Å². The quantitative estimate of drug-likeness (QED) is 0.0563. The van der Waals surface area contributed by atoms with Crippen LogP contribution in [0.2, 0.25) is 0 Å². The average Bonchev–Trinajstić information content (AvgIpc) is 4.09. The molecule has 17 heteroatoms. The smallest absolute Gasteiger partial charge is 0.341 e. The predicted molar refractivity (Wildman–Crippen MR) is 242 cm³/mol. The van der Waals surface area contributed by atoms with Gasteiger partial charge in [-0.3, -0.25) is 24.5 Å². The fourth-order valence-electron chi connectivity index (χ4n) is 11.1. The summed E-state index contributed by atoms with van der Waals surface area (Å²) in [6.45, 7) is 2.36. The largest absolute Gasteiger partial charge is 0.458 e. The summed E-state index contributed by atoms with van der Waals surface area (Å²) >= 11 is 6.96. The second-order valence-corrected chi connectivity index (χ2v) is 19.8. The molecule has 2 aromatic heterocycles. The summed E-state index contributed by atoms with van der Waals surface area (Å²) in [6, 6.07) is 14.8. The van der Waals surface area contributed by atoms with Crippen molar-refractivity contribution in [3.63, 3.8) is 0 Å². The highest BCUT2D eigenvalue weighted by atomic mass is 79.9. The molecule has 0 aliphatic heterocycles. The number of aromatic amines is 2. The number of carbonyl (C=O) groups is 6. The highest BCUT2D eigenvalue weighted by molar-refractivity contribution is 9.10. The molecule has 2 aromatic carbocycles. The van der Waals surface area contributed by atoms with Crippen LogP contribution in [0.15, 0.2) is 57.7 Å². The number of imide groups is 1. The van der Waals surface area contributed by atoms with Crippen LogP contribution in [0.5, 0.6) is 0 Å². The van der Waals surface area contributed by atoms with E-state index < -0.39 is 71.5 Å². The van der Waals surface area contributed by atoms with Gasteiger partial charge in [0.05, 0.1) is 44.0 Å². The van der Waals surface area contributed by atoms with Gasteiger partial charge in [-0.1, -0.05) is 36.4 Å². The molecule has 4 amide bonds. The van der Waals surface area contributed by atoms with Gasteiger partial charge in [0.2, 0.25) is 23.6 Å². The zero-order valence-corrected chi connectivity index (χ0v) is 39.1. The van der Waals surface area contributed by atoms with Gasteiger partial charge in [-0.25, -0.2) is 9.59 Å². The van der Waals surface area contributed by atoms with Gasteiger partial charge in [0.15, 0.2) is 0 Å². The zero-order valence-electron chi connectivity index (χ0n) is 35.9. The third-order valence-corrected chi connectivity index (χ3v) is 14.9. The Morgan fingerprint density at radius 1 is 0.587 bits per heavy atom. The zero-order chi connectivity index (χ0) is 44.7. The first-order valence-corrected chi connectivity index (χ1v) is 23.4. The number of rotatable bonds is 16. The van der Waals surface area contributed by atoms with Crippen molar-refractivity contribution >= 4 is 89.2 Å². The van der Waals surface area contributed by atoms with E-state index in [0.29, 0.717) is 82.7 Å². The summed E-state index contributed by atoms with van der Waals surface area (Å²) in [4.78, 5) is 95.4. The number of para-hydroxylation sites is 2. The average molecular weight is 994 g/mol. The van der Waals surface area contributed by atoms with Crippen LogP contribution in [0.25, 0.3) is 21.8 Å². The maximum absolute atomic E-state index is 14.7. The van der Waals surface area contributed by atoms with Crippen molar-refractivity contribution in [3.8, 4) is 0 Å².